The molecule has 0 amide bonds. The zero-order valence-electron chi connectivity index (χ0n) is 18.3. The summed E-state index contributed by atoms with van der Waals surface area (Å²) >= 11 is 0. The van der Waals surface area contributed by atoms with E-state index in [1.807, 2.05) is 0 Å². The van der Waals surface area contributed by atoms with Crippen molar-refractivity contribution in [1.29, 1.82) is 0 Å². The zero-order chi connectivity index (χ0) is 20.4. The highest BCUT2D eigenvalue weighted by Crippen LogP contribution is 2.21. The molecule has 2 aromatic rings. The lowest BCUT2D eigenvalue weighted by Gasteiger charge is -2.14. The third-order valence-electron chi connectivity index (χ3n) is 4.86. The van der Waals surface area contributed by atoms with E-state index in [0.717, 1.165) is 25.7 Å². The summed E-state index contributed by atoms with van der Waals surface area (Å²) in [6.07, 6.45) is 4.16. The van der Waals surface area contributed by atoms with Gasteiger partial charge in [-0.2, -0.15) is 0 Å². The molecule has 0 N–H and O–H groups in total. The van der Waals surface area contributed by atoms with E-state index in [1.165, 1.54) is 33.4 Å². The fraction of sp³-hybridized carbons (Fsp3) is 0.385. The monoisotopic (exact) mass is 400 g/mol. The summed E-state index contributed by atoms with van der Waals surface area (Å²) in [4.78, 5) is 0. The van der Waals surface area contributed by atoms with Gasteiger partial charge in [-0.05, 0) is 60.1 Å². The van der Waals surface area contributed by atoms with Gasteiger partial charge >= 0.3 is 0 Å². The maximum Gasteiger partial charge on any atom is 0.129 e. The molecular weight excluding hydrogens is 368 g/mol. The van der Waals surface area contributed by atoms with Gasteiger partial charge in [0.05, 0.1) is 0 Å². The van der Waals surface area contributed by atoms with Gasteiger partial charge in [0.2, 0.25) is 0 Å². The first kappa shape index (κ1) is 20.7. The van der Waals surface area contributed by atoms with Crippen LogP contribution in [0.25, 0.3) is 0 Å². The summed E-state index contributed by atoms with van der Waals surface area (Å²) in [5, 5.41) is 0. The Morgan fingerprint density at radius 2 is 0.964 bits per heavy atom. The third-order valence-corrected chi connectivity index (χ3v) is 6.61. The molecule has 0 aliphatic heterocycles. The van der Waals surface area contributed by atoms with E-state index < -0.39 is 16.1 Å². The lowest BCUT2D eigenvalue weighted by Crippen LogP contribution is -2.16. The highest BCUT2D eigenvalue weighted by Gasteiger charge is 2.12. The van der Waals surface area contributed by atoms with Gasteiger partial charge in [-0.3, -0.25) is 0 Å². The topological polar surface area (TPSA) is 0 Å². The van der Waals surface area contributed by atoms with Crippen LogP contribution in [0.5, 0.6) is 0 Å². The van der Waals surface area contributed by atoms with Gasteiger partial charge in [0.1, 0.15) is 16.1 Å². The Morgan fingerprint density at radius 3 is 1.32 bits per heavy atom. The van der Waals surface area contributed by atoms with Crippen molar-refractivity contribution in [3.05, 3.63) is 69.8 Å². The predicted octanol–water partition coefficient (Wildman–Crippen LogP) is 6.03. The molecule has 0 atom stereocenters. The molecule has 4 aliphatic carbocycles. The predicted molar refractivity (Wildman–Crippen MR) is 128 cm³/mol. The Morgan fingerprint density at radius 1 is 0.571 bits per heavy atom. The number of aryl methyl sites for hydroxylation is 4. The third kappa shape index (κ3) is 6.00. The molecular formula is C26H32Si2. The second-order valence-electron chi connectivity index (χ2n) is 9.98. The van der Waals surface area contributed by atoms with E-state index in [9.17, 15) is 0 Å². The lowest BCUT2D eigenvalue weighted by atomic mass is 9.91. The van der Waals surface area contributed by atoms with Crippen molar-refractivity contribution >= 4 is 16.1 Å². The van der Waals surface area contributed by atoms with Crippen LogP contribution in [0.1, 0.15) is 33.4 Å². The Hall–Kier alpha value is -2.01. The van der Waals surface area contributed by atoms with Crippen molar-refractivity contribution in [3.8, 4) is 22.9 Å². The average molecular weight is 401 g/mol. The number of hydrogen-bond acceptors (Lipinski definition) is 0. The quantitative estimate of drug-likeness (QED) is 0.374. The Kier molecular flexibility index (Phi) is 6.04. The molecule has 0 aromatic heterocycles. The molecule has 28 heavy (non-hydrogen) atoms. The number of benzene rings is 2. The van der Waals surface area contributed by atoms with E-state index in [2.05, 4.69) is 98.6 Å². The van der Waals surface area contributed by atoms with Crippen LogP contribution >= 0.6 is 0 Å². The van der Waals surface area contributed by atoms with Gasteiger partial charge in [-0.25, -0.2) is 0 Å². The molecule has 0 radical (unpaired) electrons. The minimum absolute atomic E-state index is 1.02. The largest absolute Gasteiger partial charge is 0.129 e. The Bertz CT molecular complexity index is 910. The maximum absolute atomic E-state index is 3.57. The van der Waals surface area contributed by atoms with Crippen molar-refractivity contribution in [3.63, 3.8) is 0 Å². The second kappa shape index (κ2) is 8.16. The summed E-state index contributed by atoms with van der Waals surface area (Å²) in [7, 11) is -2.77. The first-order valence-electron chi connectivity index (χ1n) is 10.4. The smallest absolute Gasteiger partial charge is 0.127 e. The highest BCUT2D eigenvalue weighted by molar-refractivity contribution is 6.84. The Labute approximate surface area is 173 Å². The van der Waals surface area contributed by atoms with Crippen molar-refractivity contribution in [2.45, 2.75) is 65.0 Å². The first-order chi connectivity index (χ1) is 13.1. The van der Waals surface area contributed by atoms with Crippen LogP contribution in [0.3, 0.4) is 0 Å². The van der Waals surface area contributed by atoms with E-state index in [0.29, 0.717) is 0 Å². The minimum atomic E-state index is -1.38. The van der Waals surface area contributed by atoms with E-state index >= 15 is 0 Å². The molecule has 4 bridgehead atoms. The van der Waals surface area contributed by atoms with E-state index in [4.69, 9.17) is 0 Å². The second-order valence-corrected chi connectivity index (χ2v) is 19.5. The van der Waals surface area contributed by atoms with E-state index in [-0.39, 0.29) is 0 Å². The van der Waals surface area contributed by atoms with Gasteiger partial charge in [0.15, 0.2) is 0 Å². The molecule has 144 valence electrons. The van der Waals surface area contributed by atoms with Crippen LogP contribution in [-0.2, 0) is 25.7 Å². The molecule has 0 unspecified atom stereocenters. The molecule has 0 spiro atoms. The van der Waals surface area contributed by atoms with Crippen molar-refractivity contribution in [2.75, 3.05) is 0 Å². The highest BCUT2D eigenvalue weighted by atomic mass is 28.3. The van der Waals surface area contributed by atoms with Crippen molar-refractivity contribution < 1.29 is 0 Å². The summed E-state index contributed by atoms with van der Waals surface area (Å²) in [6, 6.07) is 13.9. The summed E-state index contributed by atoms with van der Waals surface area (Å²) < 4.78 is 0. The number of hydrogen-bond donors (Lipinski definition) is 0. The van der Waals surface area contributed by atoms with Gasteiger partial charge in [0, 0.05) is 11.1 Å². The number of rotatable bonds is 0. The molecule has 0 saturated heterocycles. The first-order valence-corrected chi connectivity index (χ1v) is 17.4. The van der Waals surface area contributed by atoms with Gasteiger partial charge in [-0.1, -0.05) is 75.4 Å². The fourth-order valence-electron chi connectivity index (χ4n) is 3.29. The maximum atomic E-state index is 3.57. The van der Waals surface area contributed by atoms with Gasteiger partial charge < -0.3 is 0 Å². The van der Waals surface area contributed by atoms with Crippen LogP contribution < -0.4 is 0 Å². The molecule has 2 aromatic carbocycles. The summed E-state index contributed by atoms with van der Waals surface area (Å²) in [5.41, 5.74) is 15.2. The fourth-order valence-corrected chi connectivity index (χ4v) is 4.31. The van der Waals surface area contributed by atoms with Crippen molar-refractivity contribution in [1.82, 2.24) is 0 Å². The SMILES string of the molecule is C[Si](C)(C)C#Cc1cc2ccc1CCc1ccc(cc1C#C[Si](C)(C)C)CC2. The van der Waals surface area contributed by atoms with Crippen LogP contribution in [0.15, 0.2) is 36.4 Å². The van der Waals surface area contributed by atoms with Crippen molar-refractivity contribution in [2.24, 2.45) is 0 Å². The molecule has 6 rings (SSSR count). The normalized spacial score (nSPS) is 13.6. The molecule has 0 saturated carbocycles. The summed E-state index contributed by atoms with van der Waals surface area (Å²) in [5.74, 6) is 7.08. The molecule has 4 aliphatic rings. The van der Waals surface area contributed by atoms with Gasteiger partial charge in [-0.15, -0.1) is 11.1 Å². The van der Waals surface area contributed by atoms with Crippen LogP contribution in [-0.4, -0.2) is 16.1 Å². The minimum Gasteiger partial charge on any atom is -0.127 e. The molecule has 0 heterocycles. The zero-order valence-corrected chi connectivity index (χ0v) is 20.3. The van der Waals surface area contributed by atoms with Gasteiger partial charge in [0.25, 0.3) is 0 Å². The molecule has 0 nitrogen and oxygen atoms in total. The average Bonchev–Trinajstić information content (AvgIpc) is 2.59. The van der Waals surface area contributed by atoms with E-state index in [1.54, 1.807) is 0 Å². The van der Waals surface area contributed by atoms with Crippen LogP contribution in [0.4, 0.5) is 0 Å². The van der Waals surface area contributed by atoms with Crippen LogP contribution in [0.2, 0.25) is 39.3 Å². The molecule has 0 fully saturated rings. The Balaban J connectivity index is 2.00. The lowest BCUT2D eigenvalue weighted by molar-refractivity contribution is 0.916. The van der Waals surface area contributed by atoms with Crippen LogP contribution in [0, 0.1) is 22.9 Å². The standard InChI is InChI=1S/C26H32Si2/c1-27(2,3)17-15-25-19-21-7-8-22-10-12-24(14-13-23(25)11-9-21)26(20-22)16-18-28(4,5)6/h9-12,19-20H,7-8,13-14H2,1-6H3. The summed E-state index contributed by atoms with van der Waals surface area (Å²) in [6.45, 7) is 13.9. The molecule has 2 heteroatoms.